The van der Waals surface area contributed by atoms with Gasteiger partial charge in [0.05, 0.1) is 29.3 Å². The molecule has 0 heterocycles. The third kappa shape index (κ3) is 2.18. The minimum Gasteiger partial charge on any atom is -0.465 e. The van der Waals surface area contributed by atoms with E-state index >= 15 is 0 Å². The number of aliphatic hydroxyl groups excluding tert-OH is 1. The van der Waals surface area contributed by atoms with Crippen molar-refractivity contribution in [3.63, 3.8) is 0 Å². The SMILES string of the molecule is COC(=O)c1c(Cl)cc(CO)cc1Cl. The van der Waals surface area contributed by atoms with E-state index in [1.165, 1.54) is 19.2 Å². The zero-order valence-electron chi connectivity index (χ0n) is 7.38. The first-order valence-electron chi connectivity index (χ1n) is 3.77. The highest BCUT2D eigenvalue weighted by Gasteiger charge is 2.16. The van der Waals surface area contributed by atoms with Gasteiger partial charge in [-0.15, -0.1) is 0 Å². The summed E-state index contributed by atoms with van der Waals surface area (Å²) in [6.07, 6.45) is 0. The van der Waals surface area contributed by atoms with Gasteiger partial charge in [0.25, 0.3) is 0 Å². The molecule has 1 aromatic carbocycles. The molecule has 0 fully saturated rings. The van der Waals surface area contributed by atoms with Crippen molar-refractivity contribution < 1.29 is 14.6 Å². The Bertz CT molecular complexity index is 340. The molecule has 0 radical (unpaired) electrons. The van der Waals surface area contributed by atoms with Gasteiger partial charge in [-0.05, 0) is 17.7 Å². The second-order valence-electron chi connectivity index (χ2n) is 2.58. The number of carbonyl (C=O) groups is 1. The van der Waals surface area contributed by atoms with Crippen molar-refractivity contribution in [1.82, 2.24) is 0 Å². The second kappa shape index (κ2) is 4.64. The molecule has 0 saturated carbocycles. The van der Waals surface area contributed by atoms with Crippen molar-refractivity contribution in [2.24, 2.45) is 0 Å². The standard InChI is InChI=1S/C9H8Cl2O3/c1-14-9(13)8-6(10)2-5(4-12)3-7(8)11/h2-3,12H,4H2,1H3. The molecule has 0 aliphatic heterocycles. The lowest BCUT2D eigenvalue weighted by Crippen LogP contribution is -2.03. The zero-order chi connectivity index (χ0) is 10.7. The molecule has 0 bridgehead atoms. The lowest BCUT2D eigenvalue weighted by molar-refractivity contribution is 0.0601. The first-order chi connectivity index (χ1) is 6.60. The molecule has 0 aliphatic carbocycles. The minimum atomic E-state index is -0.593. The van der Waals surface area contributed by atoms with Gasteiger partial charge in [-0.3, -0.25) is 0 Å². The van der Waals surface area contributed by atoms with Crippen molar-refractivity contribution in [3.05, 3.63) is 33.3 Å². The normalized spacial score (nSPS) is 10.0. The molecule has 1 N–H and O–H groups in total. The minimum absolute atomic E-state index is 0.119. The van der Waals surface area contributed by atoms with Gasteiger partial charge in [0.1, 0.15) is 0 Å². The number of carbonyl (C=O) groups excluding carboxylic acids is 1. The van der Waals surface area contributed by atoms with Gasteiger partial charge in [-0.2, -0.15) is 0 Å². The fourth-order valence-electron chi connectivity index (χ4n) is 1.01. The summed E-state index contributed by atoms with van der Waals surface area (Å²) in [4.78, 5) is 11.2. The van der Waals surface area contributed by atoms with Gasteiger partial charge in [-0.25, -0.2) is 4.79 Å². The van der Waals surface area contributed by atoms with Crippen LogP contribution in [0.4, 0.5) is 0 Å². The summed E-state index contributed by atoms with van der Waals surface area (Å²) in [7, 11) is 1.24. The second-order valence-corrected chi connectivity index (χ2v) is 3.40. The Hall–Kier alpha value is -0.770. The Balaban J connectivity index is 3.25. The average molecular weight is 235 g/mol. The Kier molecular flexibility index (Phi) is 3.75. The van der Waals surface area contributed by atoms with E-state index in [1.54, 1.807) is 0 Å². The van der Waals surface area contributed by atoms with Crippen LogP contribution in [0.25, 0.3) is 0 Å². The number of hydrogen-bond acceptors (Lipinski definition) is 3. The molecule has 0 atom stereocenters. The fourth-order valence-corrected chi connectivity index (χ4v) is 1.70. The van der Waals surface area contributed by atoms with Crippen molar-refractivity contribution in [1.29, 1.82) is 0 Å². The van der Waals surface area contributed by atoms with E-state index in [0.717, 1.165) is 0 Å². The Morgan fingerprint density at radius 1 is 1.43 bits per heavy atom. The number of benzene rings is 1. The van der Waals surface area contributed by atoms with Crippen LogP contribution in [0.2, 0.25) is 10.0 Å². The quantitative estimate of drug-likeness (QED) is 0.799. The predicted octanol–water partition coefficient (Wildman–Crippen LogP) is 2.27. The summed E-state index contributed by atoms with van der Waals surface area (Å²) in [5.41, 5.74) is 0.667. The number of hydrogen-bond donors (Lipinski definition) is 1. The number of aliphatic hydroxyl groups is 1. The Morgan fingerprint density at radius 3 is 2.29 bits per heavy atom. The molecule has 0 spiro atoms. The van der Waals surface area contributed by atoms with Crippen LogP contribution < -0.4 is 0 Å². The highest BCUT2D eigenvalue weighted by Crippen LogP contribution is 2.27. The average Bonchev–Trinajstić information content (AvgIpc) is 2.16. The van der Waals surface area contributed by atoms with Crippen LogP contribution in [0.3, 0.4) is 0 Å². The molecule has 76 valence electrons. The lowest BCUT2D eigenvalue weighted by Gasteiger charge is -2.06. The molecule has 0 amide bonds. The number of rotatable bonds is 2. The summed E-state index contributed by atoms with van der Waals surface area (Å²) in [5.74, 6) is -0.593. The van der Waals surface area contributed by atoms with Crippen molar-refractivity contribution in [2.75, 3.05) is 7.11 Å². The maximum atomic E-state index is 11.2. The van der Waals surface area contributed by atoms with Crippen LogP contribution >= 0.6 is 23.2 Å². The molecule has 1 rings (SSSR count). The summed E-state index contributed by atoms with van der Waals surface area (Å²) in [6.45, 7) is -0.180. The van der Waals surface area contributed by atoms with E-state index in [9.17, 15) is 4.79 Å². The number of halogens is 2. The summed E-state index contributed by atoms with van der Waals surface area (Å²) in [6, 6.07) is 2.94. The molecule has 14 heavy (non-hydrogen) atoms. The van der Waals surface area contributed by atoms with Crippen molar-refractivity contribution in [3.8, 4) is 0 Å². The van der Waals surface area contributed by atoms with Crippen molar-refractivity contribution in [2.45, 2.75) is 6.61 Å². The smallest absolute Gasteiger partial charge is 0.340 e. The van der Waals surface area contributed by atoms with E-state index in [2.05, 4.69) is 4.74 Å². The number of methoxy groups -OCH3 is 1. The molecular formula is C9H8Cl2O3. The Morgan fingerprint density at radius 2 is 1.93 bits per heavy atom. The van der Waals surface area contributed by atoms with E-state index in [-0.39, 0.29) is 22.2 Å². The maximum Gasteiger partial charge on any atom is 0.340 e. The summed E-state index contributed by atoms with van der Waals surface area (Å²) < 4.78 is 4.50. The van der Waals surface area contributed by atoms with E-state index in [0.29, 0.717) is 5.56 Å². The predicted molar refractivity (Wildman–Crippen MR) is 53.7 cm³/mol. The highest BCUT2D eigenvalue weighted by molar-refractivity contribution is 6.39. The van der Waals surface area contributed by atoms with Crippen molar-refractivity contribution >= 4 is 29.2 Å². The van der Waals surface area contributed by atoms with Crippen LogP contribution in [0.1, 0.15) is 15.9 Å². The molecule has 0 aromatic heterocycles. The van der Waals surface area contributed by atoms with Crippen LogP contribution in [-0.2, 0) is 11.3 Å². The van der Waals surface area contributed by atoms with Crippen LogP contribution in [-0.4, -0.2) is 18.2 Å². The largest absolute Gasteiger partial charge is 0.465 e. The topological polar surface area (TPSA) is 46.5 Å². The molecule has 5 heteroatoms. The molecule has 1 aromatic rings. The third-order valence-corrected chi connectivity index (χ3v) is 2.27. The van der Waals surface area contributed by atoms with Crippen LogP contribution in [0.5, 0.6) is 0 Å². The van der Waals surface area contributed by atoms with Crippen LogP contribution in [0, 0.1) is 0 Å². The molecular weight excluding hydrogens is 227 g/mol. The molecule has 3 nitrogen and oxygen atoms in total. The summed E-state index contributed by atoms with van der Waals surface area (Å²) >= 11 is 11.6. The molecule has 0 saturated heterocycles. The van der Waals surface area contributed by atoms with Gasteiger partial charge in [0, 0.05) is 0 Å². The first kappa shape index (κ1) is 11.3. The highest BCUT2D eigenvalue weighted by atomic mass is 35.5. The molecule has 0 aliphatic rings. The maximum absolute atomic E-state index is 11.2. The van der Waals surface area contributed by atoms with Gasteiger partial charge in [-0.1, -0.05) is 23.2 Å². The van der Waals surface area contributed by atoms with E-state index in [4.69, 9.17) is 28.3 Å². The third-order valence-electron chi connectivity index (χ3n) is 1.67. The zero-order valence-corrected chi connectivity index (χ0v) is 8.89. The lowest BCUT2D eigenvalue weighted by atomic mass is 10.1. The van der Waals surface area contributed by atoms with Gasteiger partial charge in [0.2, 0.25) is 0 Å². The van der Waals surface area contributed by atoms with E-state index < -0.39 is 5.97 Å². The number of esters is 1. The van der Waals surface area contributed by atoms with Gasteiger partial charge >= 0.3 is 5.97 Å². The number of ether oxygens (including phenoxy) is 1. The first-order valence-corrected chi connectivity index (χ1v) is 4.52. The Labute approximate surface area is 91.2 Å². The summed E-state index contributed by atoms with van der Waals surface area (Å²) in [5, 5.41) is 9.19. The fraction of sp³-hybridized carbons (Fsp3) is 0.222. The molecule has 0 unspecified atom stereocenters. The van der Waals surface area contributed by atoms with E-state index in [1.807, 2.05) is 0 Å². The van der Waals surface area contributed by atoms with Crippen LogP contribution in [0.15, 0.2) is 12.1 Å². The van der Waals surface area contributed by atoms with Gasteiger partial charge < -0.3 is 9.84 Å². The van der Waals surface area contributed by atoms with Gasteiger partial charge in [0.15, 0.2) is 0 Å². The monoisotopic (exact) mass is 234 g/mol.